The second-order valence-corrected chi connectivity index (χ2v) is 18.4. The number of benzene rings is 4. The quantitative estimate of drug-likeness (QED) is 0.0299. The Labute approximate surface area is 456 Å². The third kappa shape index (κ3) is 20.1. The number of aliphatic hydroxyl groups is 3. The van der Waals surface area contributed by atoms with Gasteiger partial charge in [0.15, 0.2) is 21.7 Å². The fraction of sp³-hybridized carbons (Fsp3) is 0.333. The lowest BCUT2D eigenvalue weighted by atomic mass is 10.1. The molecule has 4 N–H and O–H groups in total. The summed E-state index contributed by atoms with van der Waals surface area (Å²) in [4.78, 5) is 84.7. The zero-order valence-corrected chi connectivity index (χ0v) is 45.0. The monoisotopic (exact) mass is 1140 g/mol. The lowest BCUT2D eigenvalue weighted by molar-refractivity contribution is -0.134. The predicted octanol–water partition coefficient (Wildman–Crippen LogP) is 8.98. The third-order valence-corrected chi connectivity index (χ3v) is 13.6. The molecular formula is C48H54Cl2F2N8O10S4. The number of nitrogens with zero attached hydrogens (tertiary/aromatic N) is 7. The van der Waals surface area contributed by atoms with Crippen LogP contribution in [0.15, 0.2) is 90.0 Å². The van der Waals surface area contributed by atoms with Gasteiger partial charge in [-0.2, -0.15) is 27.0 Å². The summed E-state index contributed by atoms with van der Waals surface area (Å²) < 4.78 is 34.1. The second kappa shape index (κ2) is 33.2. The Bertz CT molecular complexity index is 2830. The largest absolute Gasteiger partial charge is 0.447 e. The molecule has 0 saturated heterocycles. The van der Waals surface area contributed by atoms with Crippen molar-refractivity contribution >= 4 is 134 Å². The Hall–Kier alpha value is -5.79. The summed E-state index contributed by atoms with van der Waals surface area (Å²) in [6.45, 7) is -1.60. The van der Waals surface area contributed by atoms with Gasteiger partial charge in [0.2, 0.25) is 11.8 Å². The van der Waals surface area contributed by atoms with Gasteiger partial charge in [-0.1, -0.05) is 83.1 Å². The summed E-state index contributed by atoms with van der Waals surface area (Å²) >= 11 is 14.3. The van der Waals surface area contributed by atoms with Gasteiger partial charge in [-0.15, -0.1) is 11.3 Å². The first-order valence-corrected chi connectivity index (χ1v) is 24.4. The number of carbonyl (C=O) groups excluding carboxylic acids is 6. The van der Waals surface area contributed by atoms with Crippen LogP contribution in [-0.4, -0.2) is 123 Å². The number of thiazole rings is 2. The van der Waals surface area contributed by atoms with Crippen LogP contribution in [-0.2, 0) is 36.8 Å². The van der Waals surface area contributed by atoms with Gasteiger partial charge < -0.3 is 29.9 Å². The average Bonchev–Trinajstić information content (AvgIpc) is 4.01. The molecule has 398 valence electrons. The summed E-state index contributed by atoms with van der Waals surface area (Å²) in [6, 6.07) is 22.5. The summed E-state index contributed by atoms with van der Waals surface area (Å²) in [5, 5.41) is 33.2. The van der Waals surface area contributed by atoms with Crippen molar-refractivity contribution in [3.05, 3.63) is 133 Å². The summed E-state index contributed by atoms with van der Waals surface area (Å²) in [5.41, 5.74) is 10.6. The van der Waals surface area contributed by atoms with Gasteiger partial charge in [-0.25, -0.2) is 23.5 Å². The highest BCUT2D eigenvalue weighted by Gasteiger charge is 2.24. The maximum atomic E-state index is 13.7. The highest BCUT2D eigenvalue weighted by molar-refractivity contribution is 7.59. The van der Waals surface area contributed by atoms with E-state index in [1.807, 2.05) is 42.5 Å². The minimum absolute atomic E-state index is 0. The van der Waals surface area contributed by atoms with Crippen molar-refractivity contribution in [3.8, 4) is 0 Å². The number of likely N-dealkylation sites (N-methyl/N-ethyl adjacent to an activating group) is 2. The SMILES string of the molecule is CN(C(=O)CCc1cccc(F)c1Cl)[C@@H](CCC(=O)CO)COC(=O)Nc1nc2ccccc2s1.CN(C(=O)CCc1cccc(F)c1Cl)[C@H](CO)CCC(=O)CO.S.S.[N-]=[N+]=NC(=O)c1nc2ccccc2s1. The molecule has 2 atom stereocenters. The average molecular weight is 1140 g/mol. The van der Waals surface area contributed by atoms with E-state index in [0.29, 0.717) is 16.3 Å². The molecule has 2 heterocycles. The molecule has 0 aliphatic carbocycles. The molecule has 18 nitrogen and oxygen atoms in total. The van der Waals surface area contributed by atoms with Crippen LogP contribution in [0.25, 0.3) is 30.9 Å². The Morgan fingerprint density at radius 1 is 0.703 bits per heavy atom. The van der Waals surface area contributed by atoms with Crippen molar-refractivity contribution in [2.45, 2.75) is 63.5 Å². The predicted molar refractivity (Wildman–Crippen MR) is 291 cm³/mol. The molecule has 0 aliphatic rings. The maximum Gasteiger partial charge on any atom is 0.413 e. The van der Waals surface area contributed by atoms with Crippen LogP contribution in [0.1, 0.15) is 59.5 Å². The van der Waals surface area contributed by atoms with Crippen LogP contribution in [0.5, 0.6) is 0 Å². The van der Waals surface area contributed by atoms with Crippen molar-refractivity contribution in [1.82, 2.24) is 19.8 Å². The molecule has 6 rings (SSSR count). The van der Waals surface area contributed by atoms with E-state index in [1.54, 1.807) is 32.3 Å². The first-order chi connectivity index (χ1) is 34.5. The first kappa shape index (κ1) is 64.3. The summed E-state index contributed by atoms with van der Waals surface area (Å²) in [7, 11) is 3.08. The number of aromatic nitrogens is 2. The van der Waals surface area contributed by atoms with E-state index >= 15 is 0 Å². The fourth-order valence-corrected chi connectivity index (χ4v) is 8.74. The van der Waals surface area contributed by atoms with Crippen molar-refractivity contribution in [1.29, 1.82) is 0 Å². The van der Waals surface area contributed by atoms with Gasteiger partial charge in [0.05, 0.1) is 49.2 Å². The maximum absolute atomic E-state index is 13.7. The number of azide groups is 1. The number of nitrogens with one attached hydrogen (secondary N) is 1. The van der Waals surface area contributed by atoms with Gasteiger partial charge in [0, 0.05) is 44.7 Å². The topological polar surface area (TPSA) is 265 Å². The van der Waals surface area contributed by atoms with Crippen molar-refractivity contribution in [2.24, 2.45) is 5.11 Å². The van der Waals surface area contributed by atoms with E-state index in [0.717, 1.165) is 20.4 Å². The van der Waals surface area contributed by atoms with Crippen LogP contribution in [0.4, 0.5) is 18.7 Å². The highest BCUT2D eigenvalue weighted by Crippen LogP contribution is 2.27. The van der Waals surface area contributed by atoms with Crippen LogP contribution < -0.4 is 5.32 Å². The fourth-order valence-electron chi connectivity index (χ4n) is 6.60. The second-order valence-electron chi connectivity index (χ2n) is 15.6. The number of carbonyl (C=O) groups is 6. The first-order valence-electron chi connectivity index (χ1n) is 22.0. The highest BCUT2D eigenvalue weighted by atomic mass is 35.5. The number of aliphatic hydroxyl groups excluding tert-OH is 3. The van der Waals surface area contributed by atoms with Crippen LogP contribution >= 0.6 is 72.9 Å². The minimum atomic E-state index is -0.741. The molecular weight excluding hydrogens is 1090 g/mol. The van der Waals surface area contributed by atoms with E-state index in [4.69, 9.17) is 43.7 Å². The third-order valence-electron chi connectivity index (χ3n) is 10.8. The van der Waals surface area contributed by atoms with Gasteiger partial charge in [-0.3, -0.25) is 29.3 Å². The zero-order valence-electron chi connectivity index (χ0n) is 39.9. The number of ketones is 2. The van der Waals surface area contributed by atoms with Gasteiger partial charge >= 0.3 is 6.09 Å². The molecule has 0 fully saturated rings. The van der Waals surface area contributed by atoms with Gasteiger partial charge in [0.1, 0.15) is 31.5 Å². The molecule has 0 aliphatic heterocycles. The number of aryl methyl sites for hydroxylation is 2. The lowest BCUT2D eigenvalue weighted by Crippen LogP contribution is -2.41. The van der Waals surface area contributed by atoms with E-state index in [2.05, 4.69) is 25.3 Å². The number of hydrogen-bond donors (Lipinski definition) is 4. The molecule has 0 spiro atoms. The number of Topliss-reactive ketones (excluding diaryl/α,β-unsaturated/α-hetero) is 2. The van der Waals surface area contributed by atoms with E-state index in [9.17, 15) is 42.7 Å². The Balaban J connectivity index is 0.000000412. The van der Waals surface area contributed by atoms with Crippen LogP contribution in [0.3, 0.4) is 0 Å². The number of rotatable bonds is 21. The Morgan fingerprint density at radius 3 is 1.65 bits per heavy atom. The Morgan fingerprint density at radius 2 is 1.18 bits per heavy atom. The standard InChI is InChI=1S/C24H25ClFN3O5S.C16H21ClFNO4.C8H4N4OS.2H2S/c1-29(21(32)12-9-15-5-4-6-18(26)22(15)25)16(10-11-17(31)13-30)14-34-24(33)28-23-27-19-7-2-3-8-20(19)35-23;1-19(12(9-20)6-7-13(22)10-21)15(23)8-5-11-3-2-4-14(18)16(11)17;9-12-11-7(13)8-10-5-3-1-2-4-6(5)14-8;;/h2-8,16,30H,9-14H2,1H3,(H,27,28,33);2-4,12,20-21H,5-10H2,1H3;1-4H;2*1H2/t16-;12-;;;/m00.../s1. The molecule has 0 unspecified atom stereocenters. The number of halogens is 4. The summed E-state index contributed by atoms with van der Waals surface area (Å²) in [5.74, 6) is -2.97. The molecule has 4 aromatic carbocycles. The van der Waals surface area contributed by atoms with E-state index < -0.39 is 48.9 Å². The molecule has 0 radical (unpaired) electrons. The molecule has 0 saturated carbocycles. The van der Waals surface area contributed by atoms with Gasteiger partial charge in [-0.05, 0) is 83.9 Å². The molecule has 2 aromatic heterocycles. The van der Waals surface area contributed by atoms with Crippen molar-refractivity contribution in [2.75, 3.05) is 45.8 Å². The van der Waals surface area contributed by atoms with Crippen molar-refractivity contribution < 1.29 is 57.6 Å². The smallest absolute Gasteiger partial charge is 0.413 e. The molecule has 4 amide bonds. The molecule has 0 bridgehead atoms. The Kier molecular flexibility index (Phi) is 28.9. The number of amides is 4. The molecule has 26 heteroatoms. The zero-order chi connectivity index (χ0) is 52.7. The molecule has 74 heavy (non-hydrogen) atoms. The number of fused-ring (bicyclic) bond motifs is 2. The minimum Gasteiger partial charge on any atom is -0.447 e. The number of para-hydroxylation sites is 2. The normalized spacial score (nSPS) is 11.1. The molecule has 6 aromatic rings. The number of hydrogen-bond acceptors (Lipinski definition) is 14. The summed E-state index contributed by atoms with van der Waals surface area (Å²) in [6.07, 6.45) is 0.498. The van der Waals surface area contributed by atoms with E-state index in [1.165, 1.54) is 56.7 Å². The van der Waals surface area contributed by atoms with E-state index in [-0.39, 0.29) is 130 Å². The number of ether oxygens (including phenoxy) is 1. The number of anilines is 1. The van der Waals surface area contributed by atoms with Crippen molar-refractivity contribution in [3.63, 3.8) is 0 Å². The lowest BCUT2D eigenvalue weighted by Gasteiger charge is -2.28. The van der Waals surface area contributed by atoms with Crippen LogP contribution in [0.2, 0.25) is 10.0 Å². The van der Waals surface area contributed by atoms with Gasteiger partial charge in [0.25, 0.3) is 5.91 Å². The van der Waals surface area contributed by atoms with Crippen LogP contribution in [0, 0.1) is 11.6 Å².